The van der Waals surface area contributed by atoms with E-state index in [9.17, 15) is 4.79 Å². The Bertz CT molecular complexity index is 444. The summed E-state index contributed by atoms with van der Waals surface area (Å²) in [6.45, 7) is 4.79. The standard InChI is InChI=1S/C16H24N2O/c1-3-11(2)15(17)16(19)18-10-13-9-8-12-6-4-5-7-14(12)13/h4-7,11,13,15H,3,8-10,17H2,1-2H3,(H,18,19). The normalized spacial score (nSPS) is 20.7. The first-order valence-corrected chi connectivity index (χ1v) is 7.24. The van der Waals surface area contributed by atoms with E-state index in [1.807, 2.05) is 6.92 Å². The lowest BCUT2D eigenvalue weighted by atomic mass is 9.98. The van der Waals surface area contributed by atoms with Crippen LogP contribution < -0.4 is 11.1 Å². The molecular weight excluding hydrogens is 236 g/mol. The summed E-state index contributed by atoms with van der Waals surface area (Å²) in [5, 5.41) is 3.02. The number of rotatable bonds is 5. The van der Waals surface area contributed by atoms with Gasteiger partial charge in [-0.05, 0) is 29.9 Å². The number of nitrogens with one attached hydrogen (secondary N) is 1. The van der Waals surface area contributed by atoms with E-state index in [0.717, 1.165) is 19.3 Å². The van der Waals surface area contributed by atoms with Gasteiger partial charge in [-0.25, -0.2) is 0 Å². The van der Waals surface area contributed by atoms with Crippen LogP contribution in [0.4, 0.5) is 0 Å². The van der Waals surface area contributed by atoms with E-state index in [0.29, 0.717) is 12.5 Å². The van der Waals surface area contributed by atoms with Gasteiger partial charge >= 0.3 is 0 Å². The van der Waals surface area contributed by atoms with Crippen molar-refractivity contribution in [3.05, 3.63) is 35.4 Å². The predicted molar refractivity (Wildman–Crippen MR) is 77.9 cm³/mol. The second-order valence-corrected chi connectivity index (χ2v) is 5.59. The van der Waals surface area contributed by atoms with Crippen LogP contribution in [0.1, 0.15) is 43.7 Å². The van der Waals surface area contributed by atoms with Crippen LogP contribution >= 0.6 is 0 Å². The molecule has 1 aromatic carbocycles. The van der Waals surface area contributed by atoms with Crippen LogP contribution in [-0.2, 0) is 11.2 Å². The molecule has 3 unspecified atom stereocenters. The van der Waals surface area contributed by atoms with E-state index in [2.05, 4.69) is 36.5 Å². The van der Waals surface area contributed by atoms with E-state index >= 15 is 0 Å². The van der Waals surface area contributed by atoms with Gasteiger partial charge in [-0.15, -0.1) is 0 Å². The molecule has 0 fully saturated rings. The Morgan fingerprint density at radius 3 is 2.95 bits per heavy atom. The molecule has 0 bridgehead atoms. The number of benzene rings is 1. The number of nitrogens with two attached hydrogens (primary N) is 1. The number of amides is 1. The van der Waals surface area contributed by atoms with Gasteiger partial charge < -0.3 is 11.1 Å². The quantitative estimate of drug-likeness (QED) is 0.853. The lowest BCUT2D eigenvalue weighted by molar-refractivity contribution is -0.123. The number of carbonyl (C=O) groups excluding carboxylic acids is 1. The Labute approximate surface area is 115 Å². The van der Waals surface area contributed by atoms with Crippen molar-refractivity contribution in [3.63, 3.8) is 0 Å². The first kappa shape index (κ1) is 14.1. The SMILES string of the molecule is CCC(C)C(N)C(=O)NCC1CCc2ccccc21. The molecule has 1 aromatic rings. The largest absolute Gasteiger partial charge is 0.354 e. The smallest absolute Gasteiger partial charge is 0.237 e. The Kier molecular flexibility index (Phi) is 4.59. The zero-order valence-corrected chi connectivity index (χ0v) is 11.9. The summed E-state index contributed by atoms with van der Waals surface area (Å²) >= 11 is 0. The van der Waals surface area contributed by atoms with Crippen LogP contribution in [0.25, 0.3) is 0 Å². The lowest BCUT2D eigenvalue weighted by Gasteiger charge is -2.19. The summed E-state index contributed by atoms with van der Waals surface area (Å²) < 4.78 is 0. The zero-order chi connectivity index (χ0) is 13.8. The van der Waals surface area contributed by atoms with Gasteiger partial charge in [0.05, 0.1) is 6.04 Å². The minimum Gasteiger partial charge on any atom is -0.354 e. The highest BCUT2D eigenvalue weighted by atomic mass is 16.2. The summed E-state index contributed by atoms with van der Waals surface area (Å²) in [6.07, 6.45) is 3.17. The second kappa shape index (κ2) is 6.20. The number of hydrogen-bond acceptors (Lipinski definition) is 2. The molecule has 3 heteroatoms. The first-order chi connectivity index (χ1) is 9.13. The first-order valence-electron chi connectivity index (χ1n) is 7.24. The van der Waals surface area contributed by atoms with Crippen molar-refractivity contribution in [3.8, 4) is 0 Å². The zero-order valence-electron chi connectivity index (χ0n) is 11.9. The van der Waals surface area contributed by atoms with E-state index in [1.54, 1.807) is 0 Å². The van der Waals surface area contributed by atoms with Crippen molar-refractivity contribution in [2.45, 2.75) is 45.1 Å². The summed E-state index contributed by atoms with van der Waals surface area (Å²) in [4.78, 5) is 12.0. The van der Waals surface area contributed by atoms with Gasteiger partial charge in [0, 0.05) is 12.5 Å². The molecule has 3 nitrogen and oxygen atoms in total. The van der Waals surface area contributed by atoms with Crippen LogP contribution in [0.5, 0.6) is 0 Å². The van der Waals surface area contributed by atoms with Crippen LogP contribution in [-0.4, -0.2) is 18.5 Å². The average molecular weight is 260 g/mol. The van der Waals surface area contributed by atoms with Crippen LogP contribution in [0.15, 0.2) is 24.3 Å². The fourth-order valence-corrected chi connectivity index (χ4v) is 2.71. The van der Waals surface area contributed by atoms with Crippen molar-refractivity contribution in [1.29, 1.82) is 0 Å². The topological polar surface area (TPSA) is 55.1 Å². The van der Waals surface area contributed by atoms with Crippen LogP contribution in [0, 0.1) is 5.92 Å². The number of carbonyl (C=O) groups is 1. The Hall–Kier alpha value is -1.35. The number of aryl methyl sites for hydroxylation is 1. The van der Waals surface area contributed by atoms with Gasteiger partial charge in [-0.2, -0.15) is 0 Å². The van der Waals surface area contributed by atoms with Crippen molar-refractivity contribution in [2.24, 2.45) is 11.7 Å². The van der Waals surface area contributed by atoms with Crippen molar-refractivity contribution >= 4 is 5.91 Å². The molecule has 0 saturated heterocycles. The number of hydrogen-bond donors (Lipinski definition) is 2. The maximum atomic E-state index is 12.0. The highest BCUT2D eigenvalue weighted by molar-refractivity contribution is 5.81. The molecule has 3 atom stereocenters. The Balaban J connectivity index is 1.89. The third-order valence-electron chi connectivity index (χ3n) is 4.34. The lowest BCUT2D eigenvalue weighted by Crippen LogP contribution is -2.45. The van der Waals surface area contributed by atoms with Gasteiger partial charge in [0.1, 0.15) is 0 Å². The Morgan fingerprint density at radius 2 is 2.21 bits per heavy atom. The molecule has 104 valence electrons. The fraction of sp³-hybridized carbons (Fsp3) is 0.562. The minimum absolute atomic E-state index is 0.0151. The van der Waals surface area contributed by atoms with Gasteiger partial charge in [0.15, 0.2) is 0 Å². The fourth-order valence-electron chi connectivity index (χ4n) is 2.71. The van der Waals surface area contributed by atoms with E-state index in [-0.39, 0.29) is 17.9 Å². The predicted octanol–water partition coefficient (Wildman–Crippen LogP) is 2.21. The third-order valence-corrected chi connectivity index (χ3v) is 4.34. The van der Waals surface area contributed by atoms with Crippen molar-refractivity contribution in [2.75, 3.05) is 6.54 Å². The van der Waals surface area contributed by atoms with E-state index in [1.165, 1.54) is 11.1 Å². The molecule has 2 rings (SSSR count). The minimum atomic E-state index is -0.387. The molecule has 19 heavy (non-hydrogen) atoms. The second-order valence-electron chi connectivity index (χ2n) is 5.59. The monoisotopic (exact) mass is 260 g/mol. The van der Waals surface area contributed by atoms with E-state index < -0.39 is 0 Å². The third kappa shape index (κ3) is 3.16. The molecular formula is C16H24N2O. The summed E-state index contributed by atoms with van der Waals surface area (Å²) in [7, 11) is 0. The molecule has 1 aliphatic carbocycles. The molecule has 0 saturated carbocycles. The van der Waals surface area contributed by atoms with Crippen molar-refractivity contribution < 1.29 is 4.79 Å². The van der Waals surface area contributed by atoms with Gasteiger partial charge in [0.2, 0.25) is 5.91 Å². The van der Waals surface area contributed by atoms with Crippen molar-refractivity contribution in [1.82, 2.24) is 5.32 Å². The molecule has 0 heterocycles. The van der Waals surface area contributed by atoms with Gasteiger partial charge in [0.25, 0.3) is 0 Å². The van der Waals surface area contributed by atoms with Crippen LogP contribution in [0.2, 0.25) is 0 Å². The maximum Gasteiger partial charge on any atom is 0.237 e. The Morgan fingerprint density at radius 1 is 1.47 bits per heavy atom. The van der Waals surface area contributed by atoms with Gasteiger partial charge in [-0.1, -0.05) is 44.5 Å². The molecule has 3 N–H and O–H groups in total. The maximum absolute atomic E-state index is 12.0. The van der Waals surface area contributed by atoms with Gasteiger partial charge in [-0.3, -0.25) is 4.79 Å². The highest BCUT2D eigenvalue weighted by Crippen LogP contribution is 2.32. The molecule has 0 aliphatic heterocycles. The molecule has 1 aliphatic rings. The highest BCUT2D eigenvalue weighted by Gasteiger charge is 2.24. The molecule has 1 amide bonds. The molecule has 0 spiro atoms. The number of fused-ring (bicyclic) bond motifs is 1. The molecule has 0 radical (unpaired) electrons. The van der Waals surface area contributed by atoms with E-state index in [4.69, 9.17) is 5.73 Å². The van der Waals surface area contributed by atoms with Crippen LogP contribution in [0.3, 0.4) is 0 Å². The summed E-state index contributed by atoms with van der Waals surface area (Å²) in [6, 6.07) is 8.12. The average Bonchev–Trinajstić information content (AvgIpc) is 2.86. The summed E-state index contributed by atoms with van der Waals surface area (Å²) in [5.74, 6) is 0.666. The summed E-state index contributed by atoms with van der Waals surface area (Å²) in [5.41, 5.74) is 8.75. The molecule has 0 aromatic heterocycles.